The molecule has 4 amide bonds. The van der Waals surface area contributed by atoms with Crippen LogP contribution >= 0.6 is 0 Å². The lowest BCUT2D eigenvalue weighted by Gasteiger charge is -2.22. The van der Waals surface area contributed by atoms with Crippen molar-refractivity contribution in [3.05, 3.63) is 65.2 Å². The van der Waals surface area contributed by atoms with Gasteiger partial charge in [-0.3, -0.25) is 14.5 Å². The molecule has 0 saturated carbocycles. The van der Waals surface area contributed by atoms with Crippen LogP contribution < -0.4 is 10.6 Å². The van der Waals surface area contributed by atoms with E-state index in [0.717, 1.165) is 43.0 Å². The van der Waals surface area contributed by atoms with Gasteiger partial charge in [-0.2, -0.15) is 0 Å². The molecule has 1 atom stereocenters. The first-order valence-electron chi connectivity index (χ1n) is 9.73. The van der Waals surface area contributed by atoms with Crippen LogP contribution in [0.5, 0.6) is 0 Å². The van der Waals surface area contributed by atoms with Crippen molar-refractivity contribution in [2.75, 3.05) is 11.9 Å². The smallest absolute Gasteiger partial charge is 0.325 e. The van der Waals surface area contributed by atoms with E-state index in [1.165, 1.54) is 6.92 Å². The average molecular weight is 415 g/mol. The summed E-state index contributed by atoms with van der Waals surface area (Å²) in [6.45, 7) is 2.84. The van der Waals surface area contributed by atoms with Crippen molar-refractivity contribution in [3.8, 4) is 0 Å². The number of carbonyl (C=O) groups is 3. The topological polar surface area (TPSA) is 78.5 Å². The molecule has 2 N–H and O–H groups in total. The maximum atomic E-state index is 14.2. The van der Waals surface area contributed by atoms with Crippen LogP contribution in [0.15, 0.2) is 42.5 Å². The molecular weight excluding hydrogens is 392 g/mol. The van der Waals surface area contributed by atoms with Crippen LogP contribution in [0.3, 0.4) is 0 Å². The highest BCUT2D eigenvalue weighted by atomic mass is 19.1. The third-order valence-electron chi connectivity index (χ3n) is 5.10. The fourth-order valence-corrected chi connectivity index (χ4v) is 3.38. The minimum Gasteiger partial charge on any atom is -0.325 e. The van der Waals surface area contributed by atoms with Gasteiger partial charge in [-0.15, -0.1) is 0 Å². The number of carbonyl (C=O) groups excluding carboxylic acids is 3. The third-order valence-corrected chi connectivity index (χ3v) is 5.10. The SMILES string of the molecule is CCCCc1ccc(NC(=O)CN2C(=O)N[C@@](C)(c3cc(F)ccc3F)C2=O)cc1. The number of imide groups is 1. The first-order chi connectivity index (χ1) is 14.2. The molecule has 0 aliphatic carbocycles. The van der Waals surface area contributed by atoms with Crippen molar-refractivity contribution in [1.29, 1.82) is 0 Å². The lowest BCUT2D eigenvalue weighted by Crippen LogP contribution is -2.42. The number of benzene rings is 2. The Morgan fingerprint density at radius 3 is 2.50 bits per heavy atom. The van der Waals surface area contributed by atoms with Crippen molar-refractivity contribution in [3.63, 3.8) is 0 Å². The van der Waals surface area contributed by atoms with Crippen molar-refractivity contribution >= 4 is 23.5 Å². The van der Waals surface area contributed by atoms with E-state index in [1.807, 2.05) is 12.1 Å². The highest BCUT2D eigenvalue weighted by Crippen LogP contribution is 2.31. The summed E-state index contributed by atoms with van der Waals surface area (Å²) in [6.07, 6.45) is 3.10. The Morgan fingerprint density at radius 2 is 1.83 bits per heavy atom. The highest BCUT2D eigenvalue weighted by Gasteiger charge is 2.50. The molecule has 2 aromatic carbocycles. The Bertz CT molecular complexity index is 978. The van der Waals surface area contributed by atoms with Gasteiger partial charge in [0.15, 0.2) is 0 Å². The number of amides is 4. The van der Waals surface area contributed by atoms with Crippen molar-refractivity contribution in [2.45, 2.75) is 38.6 Å². The molecule has 158 valence electrons. The Hall–Kier alpha value is -3.29. The fourth-order valence-electron chi connectivity index (χ4n) is 3.38. The molecule has 30 heavy (non-hydrogen) atoms. The summed E-state index contributed by atoms with van der Waals surface area (Å²) in [4.78, 5) is 38.2. The average Bonchev–Trinajstić information content (AvgIpc) is 2.93. The number of anilines is 1. The zero-order valence-electron chi connectivity index (χ0n) is 16.8. The van der Waals surface area contributed by atoms with Gasteiger partial charge in [-0.1, -0.05) is 25.5 Å². The van der Waals surface area contributed by atoms with Gasteiger partial charge in [0.1, 0.15) is 23.7 Å². The lowest BCUT2D eigenvalue weighted by atomic mass is 9.91. The first kappa shape index (κ1) is 21.4. The number of rotatable bonds is 7. The Morgan fingerprint density at radius 1 is 1.13 bits per heavy atom. The molecule has 1 fully saturated rings. The van der Waals surface area contributed by atoms with E-state index in [-0.39, 0.29) is 5.56 Å². The maximum absolute atomic E-state index is 14.2. The Kier molecular flexibility index (Phi) is 6.14. The van der Waals surface area contributed by atoms with Gasteiger partial charge in [-0.05, 0) is 55.7 Å². The number of hydrogen-bond donors (Lipinski definition) is 2. The van der Waals surface area contributed by atoms with Crippen molar-refractivity contribution < 1.29 is 23.2 Å². The second-order valence-electron chi connectivity index (χ2n) is 7.42. The van der Waals surface area contributed by atoms with Gasteiger partial charge < -0.3 is 10.6 Å². The van der Waals surface area contributed by atoms with Gasteiger partial charge >= 0.3 is 6.03 Å². The molecule has 0 unspecified atom stereocenters. The zero-order valence-corrected chi connectivity index (χ0v) is 16.8. The number of nitrogens with one attached hydrogen (secondary N) is 2. The summed E-state index contributed by atoms with van der Waals surface area (Å²) in [6, 6.07) is 9.12. The van der Waals surface area contributed by atoms with E-state index < -0.39 is 41.6 Å². The standard InChI is InChI=1S/C22H23F2N3O3/c1-3-4-5-14-6-9-16(10-7-14)25-19(28)13-27-20(29)22(2,26-21(27)30)17-12-15(23)8-11-18(17)24/h6-12H,3-5,13H2,1-2H3,(H,25,28)(H,26,30)/t22-/m0/s1. The number of hydrogen-bond acceptors (Lipinski definition) is 3. The van der Waals surface area contributed by atoms with Crippen LogP contribution in [0.25, 0.3) is 0 Å². The summed E-state index contributed by atoms with van der Waals surface area (Å²) in [7, 11) is 0. The molecule has 1 aliphatic heterocycles. The maximum Gasteiger partial charge on any atom is 0.325 e. The first-order valence-corrected chi connectivity index (χ1v) is 9.73. The normalized spacial score (nSPS) is 18.5. The Labute approximate surface area is 173 Å². The summed E-state index contributed by atoms with van der Waals surface area (Å²) in [5.41, 5.74) is -0.417. The molecule has 1 heterocycles. The molecule has 2 aromatic rings. The summed E-state index contributed by atoms with van der Waals surface area (Å²) in [5, 5.41) is 5.00. The van der Waals surface area contributed by atoms with Gasteiger partial charge in [0, 0.05) is 11.3 Å². The summed E-state index contributed by atoms with van der Waals surface area (Å²) >= 11 is 0. The summed E-state index contributed by atoms with van der Waals surface area (Å²) < 4.78 is 27.8. The van der Waals surface area contributed by atoms with E-state index in [4.69, 9.17) is 0 Å². The monoisotopic (exact) mass is 415 g/mol. The molecule has 1 aliphatic rings. The molecule has 3 rings (SSSR count). The molecule has 0 spiro atoms. The molecular formula is C22H23F2N3O3. The molecule has 8 heteroatoms. The minimum atomic E-state index is -1.80. The minimum absolute atomic E-state index is 0.300. The number of halogens is 2. The second kappa shape index (κ2) is 8.61. The molecule has 0 radical (unpaired) electrons. The van der Waals surface area contributed by atoms with Crippen molar-refractivity contribution in [1.82, 2.24) is 10.2 Å². The predicted molar refractivity (Wildman–Crippen MR) is 108 cm³/mol. The van der Waals surface area contributed by atoms with Crippen LogP contribution in [-0.4, -0.2) is 29.3 Å². The van der Waals surface area contributed by atoms with E-state index >= 15 is 0 Å². The predicted octanol–water partition coefficient (Wildman–Crippen LogP) is 3.71. The van der Waals surface area contributed by atoms with Crippen LogP contribution in [-0.2, 0) is 21.5 Å². The lowest BCUT2D eigenvalue weighted by molar-refractivity contribution is -0.133. The largest absolute Gasteiger partial charge is 0.325 e. The molecule has 0 aromatic heterocycles. The fraction of sp³-hybridized carbons (Fsp3) is 0.318. The van der Waals surface area contributed by atoms with Crippen LogP contribution in [0, 0.1) is 11.6 Å². The van der Waals surface area contributed by atoms with Crippen LogP contribution in [0.1, 0.15) is 37.8 Å². The molecule has 1 saturated heterocycles. The molecule has 6 nitrogen and oxygen atoms in total. The van der Waals surface area contributed by atoms with E-state index in [9.17, 15) is 23.2 Å². The number of urea groups is 1. The number of aryl methyl sites for hydroxylation is 1. The van der Waals surface area contributed by atoms with Gasteiger partial charge in [0.25, 0.3) is 5.91 Å². The quantitative estimate of drug-likeness (QED) is 0.677. The van der Waals surface area contributed by atoms with E-state index in [2.05, 4.69) is 17.6 Å². The number of unbranched alkanes of at least 4 members (excludes halogenated alkanes) is 1. The molecule has 0 bridgehead atoms. The van der Waals surface area contributed by atoms with Gasteiger partial charge in [0.2, 0.25) is 5.91 Å². The van der Waals surface area contributed by atoms with E-state index in [0.29, 0.717) is 10.6 Å². The Balaban J connectivity index is 1.69. The number of nitrogens with zero attached hydrogens (tertiary/aromatic N) is 1. The zero-order chi connectivity index (χ0) is 21.9. The van der Waals surface area contributed by atoms with Crippen LogP contribution in [0.4, 0.5) is 19.3 Å². The third kappa shape index (κ3) is 4.32. The van der Waals surface area contributed by atoms with Crippen molar-refractivity contribution in [2.24, 2.45) is 0 Å². The second-order valence-corrected chi connectivity index (χ2v) is 7.42. The van der Waals surface area contributed by atoms with Gasteiger partial charge in [-0.25, -0.2) is 13.6 Å². The summed E-state index contributed by atoms with van der Waals surface area (Å²) in [5.74, 6) is -2.99. The van der Waals surface area contributed by atoms with E-state index in [1.54, 1.807) is 12.1 Å². The van der Waals surface area contributed by atoms with Crippen LogP contribution in [0.2, 0.25) is 0 Å². The van der Waals surface area contributed by atoms with Gasteiger partial charge in [0.05, 0.1) is 0 Å². The highest BCUT2D eigenvalue weighted by molar-refractivity contribution is 6.10.